The van der Waals surface area contributed by atoms with E-state index in [2.05, 4.69) is 17.1 Å². The molecule has 2 fully saturated rings. The molecule has 1 amide bonds. The monoisotopic (exact) mass is 393 g/mol. The van der Waals surface area contributed by atoms with E-state index in [1.807, 2.05) is 43.3 Å². The highest BCUT2D eigenvalue weighted by molar-refractivity contribution is 5.95. The number of hydrogen-bond acceptors (Lipinski definition) is 4. The number of carboxylic acids is 1. The topological polar surface area (TPSA) is 73.7 Å². The Hall–Kier alpha value is -2.89. The molecule has 2 heterocycles. The van der Waals surface area contributed by atoms with Crippen molar-refractivity contribution in [1.82, 2.24) is 9.88 Å². The summed E-state index contributed by atoms with van der Waals surface area (Å²) in [6, 6.07) is 13.9. The van der Waals surface area contributed by atoms with Crippen molar-refractivity contribution in [3.8, 4) is 0 Å². The highest BCUT2D eigenvalue weighted by Gasteiger charge is 2.55. The van der Waals surface area contributed by atoms with Crippen molar-refractivity contribution in [2.24, 2.45) is 11.3 Å². The van der Waals surface area contributed by atoms with E-state index in [0.29, 0.717) is 24.4 Å². The van der Waals surface area contributed by atoms with E-state index < -0.39 is 11.4 Å². The van der Waals surface area contributed by atoms with Crippen LogP contribution in [0.15, 0.2) is 48.7 Å². The normalized spacial score (nSPS) is 26.1. The molecule has 6 nitrogen and oxygen atoms in total. The van der Waals surface area contributed by atoms with E-state index in [4.69, 9.17) is 0 Å². The lowest BCUT2D eigenvalue weighted by Crippen LogP contribution is -2.43. The minimum atomic E-state index is -0.835. The van der Waals surface area contributed by atoms with Crippen molar-refractivity contribution in [3.05, 3.63) is 59.8 Å². The molecule has 0 unspecified atom stereocenters. The molecule has 1 aliphatic heterocycles. The van der Waals surface area contributed by atoms with E-state index in [9.17, 15) is 14.7 Å². The zero-order valence-corrected chi connectivity index (χ0v) is 16.9. The van der Waals surface area contributed by atoms with Gasteiger partial charge in [-0.15, -0.1) is 0 Å². The van der Waals surface area contributed by atoms with E-state index in [-0.39, 0.29) is 18.4 Å². The van der Waals surface area contributed by atoms with Crippen LogP contribution < -0.4 is 4.90 Å². The lowest BCUT2D eigenvalue weighted by Gasteiger charge is -2.38. The summed E-state index contributed by atoms with van der Waals surface area (Å²) in [5.41, 5.74) is 0.937. The number of carbonyl (C=O) groups excluding carboxylic acids is 1. The van der Waals surface area contributed by atoms with Crippen LogP contribution >= 0.6 is 0 Å². The first-order valence-corrected chi connectivity index (χ1v) is 10.1. The Labute approximate surface area is 171 Å². The molecule has 4 rings (SSSR count). The summed E-state index contributed by atoms with van der Waals surface area (Å²) in [4.78, 5) is 33.3. The van der Waals surface area contributed by atoms with Crippen molar-refractivity contribution >= 4 is 17.7 Å². The molecule has 1 N–H and O–H groups in total. The average Bonchev–Trinajstić information content (AvgIpc) is 3.14. The number of hydrogen-bond donors (Lipinski definition) is 1. The molecule has 1 aromatic heterocycles. The van der Waals surface area contributed by atoms with E-state index in [1.54, 1.807) is 17.2 Å². The second-order valence-electron chi connectivity index (χ2n) is 8.53. The Bertz CT molecular complexity index is 897. The molecule has 1 aromatic carbocycles. The zero-order valence-electron chi connectivity index (χ0n) is 16.9. The van der Waals surface area contributed by atoms with Crippen LogP contribution in [0.25, 0.3) is 0 Å². The molecule has 1 aliphatic carbocycles. The van der Waals surface area contributed by atoms with Gasteiger partial charge >= 0.3 is 5.97 Å². The van der Waals surface area contributed by atoms with Gasteiger partial charge in [0, 0.05) is 33.4 Å². The molecular formula is C23H27N3O3. The number of anilines is 1. The van der Waals surface area contributed by atoms with Crippen LogP contribution in [-0.2, 0) is 4.79 Å². The van der Waals surface area contributed by atoms with Gasteiger partial charge in [0.15, 0.2) is 0 Å². The maximum absolute atomic E-state index is 13.1. The van der Waals surface area contributed by atoms with Gasteiger partial charge in [-0.3, -0.25) is 9.59 Å². The molecule has 152 valence electrons. The summed E-state index contributed by atoms with van der Waals surface area (Å²) in [5, 5.41) is 10.1. The van der Waals surface area contributed by atoms with Gasteiger partial charge in [0.2, 0.25) is 0 Å². The highest BCUT2D eigenvalue weighted by Crippen LogP contribution is 2.51. The molecule has 29 heavy (non-hydrogen) atoms. The molecule has 2 aromatic rings. The zero-order chi connectivity index (χ0) is 20.6. The van der Waals surface area contributed by atoms with Crippen molar-refractivity contribution < 1.29 is 14.7 Å². The number of pyridine rings is 1. The number of aromatic nitrogens is 1. The Morgan fingerprint density at radius 3 is 2.55 bits per heavy atom. The molecule has 1 saturated heterocycles. The second kappa shape index (κ2) is 7.50. The number of rotatable bonds is 4. The summed E-state index contributed by atoms with van der Waals surface area (Å²) >= 11 is 0. The van der Waals surface area contributed by atoms with Gasteiger partial charge in [0.05, 0.1) is 11.0 Å². The first-order chi connectivity index (χ1) is 13.9. The van der Waals surface area contributed by atoms with E-state index >= 15 is 0 Å². The summed E-state index contributed by atoms with van der Waals surface area (Å²) in [7, 11) is 3.80. The molecule has 1 saturated carbocycles. The van der Waals surface area contributed by atoms with E-state index in [0.717, 1.165) is 18.7 Å². The standard InChI is InChI=1S/C23H27N3O3/c1-25(2)20-9-8-18(13-24-20)21(27)26-14-19-12-17(16-6-4-3-5-7-16)10-11-23(19,15-26)22(28)29/h3-9,13,17,19H,10-12,14-15H2,1-2H3,(H,28,29)/t17-,19-,23-/m0/s1. The van der Waals surface area contributed by atoms with Gasteiger partial charge in [-0.05, 0) is 48.8 Å². The maximum Gasteiger partial charge on any atom is 0.311 e. The van der Waals surface area contributed by atoms with Crippen molar-refractivity contribution in [2.45, 2.75) is 25.2 Å². The largest absolute Gasteiger partial charge is 0.481 e. The Balaban J connectivity index is 1.54. The number of nitrogens with zero attached hydrogens (tertiary/aromatic N) is 3. The smallest absolute Gasteiger partial charge is 0.311 e. The fourth-order valence-corrected chi connectivity index (χ4v) is 4.94. The number of amides is 1. The Morgan fingerprint density at radius 1 is 1.17 bits per heavy atom. The molecule has 0 radical (unpaired) electrons. The number of carboxylic acid groups (broad SMARTS) is 1. The summed E-state index contributed by atoms with van der Waals surface area (Å²) in [6.45, 7) is 0.771. The van der Waals surface area contributed by atoms with Crippen LogP contribution in [-0.4, -0.2) is 54.1 Å². The second-order valence-corrected chi connectivity index (χ2v) is 8.53. The Kier molecular flexibility index (Phi) is 5.03. The van der Waals surface area contributed by atoms with Crippen LogP contribution in [0.2, 0.25) is 0 Å². The van der Waals surface area contributed by atoms with Gasteiger partial charge in [-0.1, -0.05) is 30.3 Å². The molecule has 0 bridgehead atoms. The average molecular weight is 393 g/mol. The lowest BCUT2D eigenvalue weighted by molar-refractivity contribution is -0.152. The van der Waals surface area contributed by atoms with Gasteiger partial charge in [-0.25, -0.2) is 4.98 Å². The Morgan fingerprint density at radius 2 is 1.93 bits per heavy atom. The predicted molar refractivity (Wildman–Crippen MR) is 111 cm³/mol. The number of aliphatic carboxylic acids is 1. The van der Waals surface area contributed by atoms with Crippen molar-refractivity contribution in [2.75, 3.05) is 32.1 Å². The van der Waals surface area contributed by atoms with Crippen molar-refractivity contribution in [1.29, 1.82) is 0 Å². The minimum Gasteiger partial charge on any atom is -0.481 e. The number of fused-ring (bicyclic) bond motifs is 1. The van der Waals surface area contributed by atoms with Gasteiger partial charge in [-0.2, -0.15) is 0 Å². The predicted octanol–water partition coefficient (Wildman–Crippen LogP) is 3.26. The minimum absolute atomic E-state index is 0.0306. The van der Waals surface area contributed by atoms with Crippen LogP contribution in [0.5, 0.6) is 0 Å². The van der Waals surface area contributed by atoms with Crippen LogP contribution in [0.4, 0.5) is 5.82 Å². The molecule has 0 spiro atoms. The number of benzene rings is 1. The molecule has 3 atom stereocenters. The third kappa shape index (κ3) is 3.48. The van der Waals surface area contributed by atoms with Gasteiger partial charge in [0.1, 0.15) is 5.82 Å². The SMILES string of the molecule is CN(C)c1ccc(C(=O)N2C[C@@H]3C[C@@H](c4ccccc4)CC[C@]3(C(=O)O)C2)cn1. The third-order valence-electron chi connectivity index (χ3n) is 6.64. The van der Waals surface area contributed by atoms with Gasteiger partial charge < -0.3 is 14.9 Å². The highest BCUT2D eigenvalue weighted by atomic mass is 16.4. The van der Waals surface area contributed by atoms with Crippen LogP contribution in [0, 0.1) is 11.3 Å². The molecule has 6 heteroatoms. The van der Waals surface area contributed by atoms with Gasteiger partial charge in [0.25, 0.3) is 5.91 Å². The first kappa shape index (κ1) is 19.4. The maximum atomic E-state index is 13.1. The number of carbonyl (C=O) groups is 2. The molecular weight excluding hydrogens is 366 g/mol. The quantitative estimate of drug-likeness (QED) is 0.863. The van der Waals surface area contributed by atoms with Crippen LogP contribution in [0.1, 0.15) is 41.1 Å². The summed E-state index contributed by atoms with van der Waals surface area (Å²) in [5.74, 6) is 0.200. The summed E-state index contributed by atoms with van der Waals surface area (Å²) < 4.78 is 0. The summed E-state index contributed by atoms with van der Waals surface area (Å²) in [6.07, 6.45) is 3.83. The third-order valence-corrected chi connectivity index (χ3v) is 6.64. The van der Waals surface area contributed by atoms with Crippen LogP contribution in [0.3, 0.4) is 0 Å². The van der Waals surface area contributed by atoms with E-state index in [1.165, 1.54) is 5.56 Å². The first-order valence-electron chi connectivity index (χ1n) is 10.1. The lowest BCUT2D eigenvalue weighted by atomic mass is 9.64. The number of likely N-dealkylation sites (tertiary alicyclic amines) is 1. The van der Waals surface area contributed by atoms with Crippen molar-refractivity contribution in [3.63, 3.8) is 0 Å². The molecule has 2 aliphatic rings. The fourth-order valence-electron chi connectivity index (χ4n) is 4.94. The fraction of sp³-hybridized carbons (Fsp3) is 0.435.